The number of hydrogen-bond acceptors (Lipinski definition) is 3. The van der Waals surface area contributed by atoms with Gasteiger partial charge in [0.15, 0.2) is 0 Å². The minimum atomic E-state index is -1.05. The van der Waals surface area contributed by atoms with E-state index in [2.05, 4.69) is 5.32 Å². The third kappa shape index (κ3) is 3.17. The summed E-state index contributed by atoms with van der Waals surface area (Å²) < 4.78 is 2.05. The van der Waals surface area contributed by atoms with Gasteiger partial charge in [-0.15, -0.1) is 0 Å². The topological polar surface area (TPSA) is 77.8 Å². The van der Waals surface area contributed by atoms with Crippen LogP contribution in [-0.2, 0) is 4.79 Å². The smallest absolute Gasteiger partial charge is 0.404 e. The van der Waals surface area contributed by atoms with Crippen LogP contribution >= 0.6 is 0 Å². The Morgan fingerprint density at radius 2 is 1.73 bits per heavy atom. The molecule has 2 atom stereocenters. The molecule has 3 rings (SSSR count). The number of carbonyl (C=O) groups excluding carboxylic acids is 1. The van der Waals surface area contributed by atoms with E-state index in [4.69, 9.17) is 5.11 Å². The van der Waals surface area contributed by atoms with E-state index >= 15 is 0 Å². The second-order valence-electron chi connectivity index (χ2n) is 6.58. The summed E-state index contributed by atoms with van der Waals surface area (Å²) in [4.78, 5) is 24.2. The Kier molecular flexibility index (Phi) is 4.99. The van der Waals surface area contributed by atoms with Crippen molar-refractivity contribution in [1.29, 1.82) is 0 Å². The summed E-state index contributed by atoms with van der Waals surface area (Å²) in [7, 11) is 1.88. The number of hydrogen-bond donors (Lipinski definition) is 2. The number of carbonyl (C=O) groups is 2. The molecule has 0 saturated carbocycles. The van der Waals surface area contributed by atoms with Crippen LogP contribution in [0.4, 0.5) is 10.5 Å². The average Bonchev–Trinajstić information content (AvgIpc) is 3.05. The molecule has 1 saturated heterocycles. The lowest BCUT2D eigenvalue weighted by Crippen LogP contribution is -2.41. The summed E-state index contributed by atoms with van der Waals surface area (Å²) in [6, 6.07) is 13.0. The van der Waals surface area contributed by atoms with Crippen LogP contribution in [0.15, 0.2) is 42.5 Å². The van der Waals surface area contributed by atoms with Crippen LogP contribution in [0.5, 0.6) is 0 Å². The second-order valence-corrected chi connectivity index (χ2v) is 6.58. The van der Waals surface area contributed by atoms with E-state index in [1.807, 2.05) is 72.9 Å². The maximum Gasteiger partial charge on any atom is 0.404 e. The second kappa shape index (κ2) is 7.21. The highest BCUT2D eigenvalue weighted by Crippen LogP contribution is 2.36. The lowest BCUT2D eigenvalue weighted by Gasteiger charge is -2.28. The van der Waals surface area contributed by atoms with Crippen LogP contribution in [-0.4, -0.2) is 46.3 Å². The monoisotopic (exact) mass is 356 g/mol. The molecule has 138 valence electrons. The molecular formula is C19H24N4O3. The molecule has 1 aromatic carbocycles. The third-order valence-electron chi connectivity index (χ3n) is 4.94. The van der Waals surface area contributed by atoms with Crippen LogP contribution in [0.1, 0.15) is 23.9 Å². The van der Waals surface area contributed by atoms with Crippen molar-refractivity contribution in [1.82, 2.24) is 14.9 Å². The van der Waals surface area contributed by atoms with Gasteiger partial charge in [-0.1, -0.05) is 18.2 Å². The maximum absolute atomic E-state index is 13.4. The van der Waals surface area contributed by atoms with Gasteiger partial charge in [0.2, 0.25) is 0 Å². The van der Waals surface area contributed by atoms with Crippen molar-refractivity contribution in [2.24, 2.45) is 0 Å². The molecule has 1 aromatic heterocycles. The zero-order valence-electron chi connectivity index (χ0n) is 15.2. The number of nitrogens with one attached hydrogen (secondary N) is 1. The molecule has 0 radical (unpaired) electrons. The number of benzene rings is 1. The molecule has 7 heteroatoms. The van der Waals surface area contributed by atoms with E-state index < -0.39 is 12.1 Å². The van der Waals surface area contributed by atoms with Crippen LogP contribution < -0.4 is 10.3 Å². The van der Waals surface area contributed by atoms with E-state index in [1.54, 1.807) is 5.01 Å². The fourth-order valence-electron chi connectivity index (χ4n) is 3.75. The lowest BCUT2D eigenvalue weighted by molar-refractivity contribution is -0.120. The van der Waals surface area contributed by atoms with E-state index in [0.717, 1.165) is 17.1 Å². The molecule has 26 heavy (non-hydrogen) atoms. The Bertz CT molecular complexity index is 783. The fraction of sp³-hybridized carbons (Fsp3) is 0.368. The highest BCUT2D eigenvalue weighted by atomic mass is 16.4. The minimum absolute atomic E-state index is 0.0126. The standard InChI is InChI=1S/C19H24N4O3/c1-13-9-10-14(2)22(13)17-16(11-12-20-19(25)26)21(3)23(18(17)24)15-7-5-4-6-8-15/h4-10,16-17,20H,11-12H2,1-3H3,(H,25,26). The molecule has 1 aliphatic rings. The largest absolute Gasteiger partial charge is 0.465 e. The first-order chi connectivity index (χ1) is 12.4. The normalized spacial score (nSPS) is 20.6. The maximum atomic E-state index is 13.4. The summed E-state index contributed by atoms with van der Waals surface area (Å²) in [5.74, 6) is -0.0126. The van der Waals surface area contributed by atoms with E-state index in [1.165, 1.54) is 0 Å². The van der Waals surface area contributed by atoms with Crippen LogP contribution in [0.25, 0.3) is 0 Å². The molecule has 2 heterocycles. The third-order valence-corrected chi connectivity index (χ3v) is 4.94. The Balaban J connectivity index is 1.98. The van der Waals surface area contributed by atoms with Crippen molar-refractivity contribution < 1.29 is 14.7 Å². The molecule has 2 aromatic rings. The van der Waals surface area contributed by atoms with Gasteiger partial charge in [0, 0.05) is 25.0 Å². The lowest BCUT2D eigenvalue weighted by atomic mass is 10.0. The van der Waals surface area contributed by atoms with Gasteiger partial charge in [-0.05, 0) is 44.5 Å². The zero-order valence-corrected chi connectivity index (χ0v) is 15.2. The number of hydrazine groups is 1. The number of nitrogens with zero attached hydrogens (tertiary/aromatic N) is 3. The Hall–Kier alpha value is -2.80. The molecule has 0 spiro atoms. The molecule has 0 aliphatic carbocycles. The first-order valence-corrected chi connectivity index (χ1v) is 8.65. The first-order valence-electron chi connectivity index (χ1n) is 8.65. The van der Waals surface area contributed by atoms with Crippen LogP contribution in [0.3, 0.4) is 0 Å². The van der Waals surface area contributed by atoms with E-state index in [-0.39, 0.29) is 18.5 Å². The SMILES string of the molecule is Cc1ccc(C)n1C1C(=O)N(c2ccccc2)N(C)C1CCNC(=O)O. The van der Waals surface area contributed by atoms with Gasteiger partial charge in [0.1, 0.15) is 6.04 Å². The van der Waals surface area contributed by atoms with Gasteiger partial charge in [0.25, 0.3) is 5.91 Å². The number of para-hydroxylation sites is 1. The molecule has 1 fully saturated rings. The van der Waals surface area contributed by atoms with Gasteiger partial charge in [-0.2, -0.15) is 0 Å². The molecule has 2 N–H and O–H groups in total. The van der Waals surface area contributed by atoms with Crippen LogP contribution in [0, 0.1) is 13.8 Å². The van der Waals surface area contributed by atoms with Crippen molar-refractivity contribution in [3.05, 3.63) is 53.9 Å². The van der Waals surface area contributed by atoms with E-state index in [9.17, 15) is 9.59 Å². The van der Waals surface area contributed by atoms with Crippen molar-refractivity contribution in [2.75, 3.05) is 18.6 Å². The fourth-order valence-corrected chi connectivity index (χ4v) is 3.75. The Morgan fingerprint density at radius 1 is 1.12 bits per heavy atom. The highest BCUT2D eigenvalue weighted by molar-refractivity contribution is 5.98. The minimum Gasteiger partial charge on any atom is -0.465 e. The molecule has 0 bridgehead atoms. The number of carboxylic acid groups (broad SMARTS) is 1. The predicted octanol–water partition coefficient (Wildman–Crippen LogP) is 2.57. The number of aromatic nitrogens is 1. The number of likely N-dealkylation sites (N-methyl/N-ethyl adjacent to an activating group) is 1. The predicted molar refractivity (Wildman–Crippen MR) is 99.1 cm³/mol. The van der Waals surface area contributed by atoms with Gasteiger partial charge in [-0.3, -0.25) is 4.79 Å². The number of anilines is 1. The van der Waals surface area contributed by atoms with Gasteiger partial charge >= 0.3 is 6.09 Å². The number of amides is 2. The van der Waals surface area contributed by atoms with E-state index in [0.29, 0.717) is 6.42 Å². The molecule has 7 nitrogen and oxygen atoms in total. The van der Waals surface area contributed by atoms with Crippen LogP contribution in [0.2, 0.25) is 0 Å². The molecule has 2 amide bonds. The summed E-state index contributed by atoms with van der Waals surface area (Å²) in [5, 5.41) is 14.9. The summed E-state index contributed by atoms with van der Waals surface area (Å²) in [6.07, 6.45) is -0.527. The average molecular weight is 356 g/mol. The van der Waals surface area contributed by atoms with Gasteiger partial charge in [-0.25, -0.2) is 14.8 Å². The number of rotatable bonds is 5. The van der Waals surface area contributed by atoms with Gasteiger partial charge in [0.05, 0.1) is 11.7 Å². The Labute approximate surface area is 152 Å². The van der Waals surface area contributed by atoms with Gasteiger partial charge < -0.3 is 15.0 Å². The van der Waals surface area contributed by atoms with Crippen molar-refractivity contribution in [3.8, 4) is 0 Å². The van der Waals surface area contributed by atoms with Crippen molar-refractivity contribution >= 4 is 17.7 Å². The number of aryl methyl sites for hydroxylation is 2. The Morgan fingerprint density at radius 3 is 2.31 bits per heavy atom. The summed E-state index contributed by atoms with van der Waals surface area (Å²) in [5.41, 5.74) is 2.84. The highest BCUT2D eigenvalue weighted by Gasteiger charge is 2.46. The first kappa shape index (κ1) is 18.0. The molecular weight excluding hydrogens is 332 g/mol. The van der Waals surface area contributed by atoms with Crippen molar-refractivity contribution in [3.63, 3.8) is 0 Å². The molecule has 2 unspecified atom stereocenters. The summed E-state index contributed by atoms with van der Waals surface area (Å²) >= 11 is 0. The quantitative estimate of drug-likeness (QED) is 0.863. The summed E-state index contributed by atoms with van der Waals surface area (Å²) in [6.45, 7) is 4.26. The zero-order chi connectivity index (χ0) is 18.8. The van der Waals surface area contributed by atoms with Crippen molar-refractivity contribution in [2.45, 2.75) is 32.4 Å². The molecule has 1 aliphatic heterocycles.